The van der Waals surface area contributed by atoms with Gasteiger partial charge in [0, 0.05) is 25.2 Å². The second kappa shape index (κ2) is 4.79. The number of hydrogen-bond acceptors (Lipinski definition) is 4. The molecule has 2 N–H and O–H groups in total. The van der Waals surface area contributed by atoms with Crippen molar-refractivity contribution >= 4 is 17.5 Å². The predicted octanol–water partition coefficient (Wildman–Crippen LogP) is 0.324. The topological polar surface area (TPSA) is 78.9 Å². The number of amides is 2. The van der Waals surface area contributed by atoms with Crippen LogP contribution in [-0.2, 0) is 9.59 Å². The molecule has 1 aromatic carbocycles. The summed E-state index contributed by atoms with van der Waals surface area (Å²) in [5.74, 6) is -0.121. The summed E-state index contributed by atoms with van der Waals surface area (Å²) < 4.78 is 5.18. The zero-order valence-corrected chi connectivity index (χ0v) is 11.1. The molecular weight excluding hydrogens is 260 g/mol. The average Bonchev–Trinajstić information content (AvgIpc) is 2.41. The molecule has 1 atom stereocenters. The van der Waals surface area contributed by atoms with E-state index in [9.17, 15) is 14.7 Å². The molecular formula is C14H16N2O4. The van der Waals surface area contributed by atoms with E-state index in [0.29, 0.717) is 24.5 Å². The third-order valence-electron chi connectivity index (χ3n) is 3.77. The van der Waals surface area contributed by atoms with Gasteiger partial charge in [-0.1, -0.05) is 0 Å². The van der Waals surface area contributed by atoms with Gasteiger partial charge >= 0.3 is 0 Å². The summed E-state index contributed by atoms with van der Waals surface area (Å²) in [7, 11) is 1.56. The molecule has 0 radical (unpaired) electrons. The molecule has 2 heterocycles. The van der Waals surface area contributed by atoms with E-state index >= 15 is 0 Å². The van der Waals surface area contributed by atoms with Gasteiger partial charge in [-0.25, -0.2) is 0 Å². The molecule has 1 saturated heterocycles. The smallest absolute Gasteiger partial charge is 0.230 e. The lowest BCUT2D eigenvalue weighted by Gasteiger charge is -2.39. The van der Waals surface area contributed by atoms with Gasteiger partial charge in [0.2, 0.25) is 11.8 Å². The van der Waals surface area contributed by atoms with E-state index < -0.39 is 12.0 Å². The monoisotopic (exact) mass is 276 g/mol. The number of benzene rings is 1. The molecule has 0 saturated carbocycles. The number of likely N-dealkylation sites (tertiary alicyclic amines) is 1. The molecule has 2 aliphatic heterocycles. The number of carbonyl (C=O) groups excluding carboxylic acids is 2. The van der Waals surface area contributed by atoms with Crippen molar-refractivity contribution in [1.29, 1.82) is 0 Å². The number of aliphatic hydroxyl groups excluding tert-OH is 1. The average molecular weight is 276 g/mol. The van der Waals surface area contributed by atoms with Crippen LogP contribution in [0, 0.1) is 0 Å². The normalized spacial score (nSPS) is 21.8. The van der Waals surface area contributed by atoms with Gasteiger partial charge < -0.3 is 20.1 Å². The number of aliphatic hydroxyl groups is 1. The molecule has 20 heavy (non-hydrogen) atoms. The first-order valence-electron chi connectivity index (χ1n) is 6.53. The number of hydrogen-bond donors (Lipinski definition) is 2. The van der Waals surface area contributed by atoms with Gasteiger partial charge in [0.1, 0.15) is 5.75 Å². The number of fused-ring (bicyclic) bond motifs is 1. The van der Waals surface area contributed by atoms with Gasteiger partial charge in [0.05, 0.1) is 19.1 Å². The van der Waals surface area contributed by atoms with E-state index in [0.717, 1.165) is 5.56 Å². The van der Waals surface area contributed by atoms with Crippen LogP contribution < -0.4 is 10.1 Å². The fourth-order valence-corrected chi connectivity index (χ4v) is 2.64. The van der Waals surface area contributed by atoms with Crippen LogP contribution >= 0.6 is 0 Å². The fourth-order valence-electron chi connectivity index (χ4n) is 2.64. The molecule has 0 aromatic heterocycles. The van der Waals surface area contributed by atoms with Gasteiger partial charge in [-0.15, -0.1) is 0 Å². The number of methoxy groups -OCH3 is 1. The van der Waals surface area contributed by atoms with Crippen molar-refractivity contribution in [1.82, 2.24) is 4.90 Å². The van der Waals surface area contributed by atoms with Crippen LogP contribution in [0.15, 0.2) is 18.2 Å². The van der Waals surface area contributed by atoms with Crippen LogP contribution in [0.2, 0.25) is 0 Å². The first kappa shape index (κ1) is 12.9. The second-order valence-electron chi connectivity index (χ2n) is 5.16. The number of anilines is 1. The lowest BCUT2D eigenvalue weighted by atomic mass is 9.88. The summed E-state index contributed by atoms with van der Waals surface area (Å²) in [6.45, 7) is 0.687. The Morgan fingerprint density at radius 2 is 2.20 bits per heavy atom. The maximum Gasteiger partial charge on any atom is 0.230 e. The third-order valence-corrected chi connectivity index (χ3v) is 3.77. The Bertz CT molecular complexity index is 566. The minimum Gasteiger partial charge on any atom is -0.497 e. The van der Waals surface area contributed by atoms with Crippen LogP contribution in [0.25, 0.3) is 0 Å². The predicted molar refractivity (Wildman–Crippen MR) is 71.6 cm³/mol. The highest BCUT2D eigenvalue weighted by Gasteiger charge is 2.38. The number of nitrogens with one attached hydrogen (secondary N) is 1. The van der Waals surface area contributed by atoms with E-state index in [4.69, 9.17) is 4.74 Å². The van der Waals surface area contributed by atoms with Gasteiger partial charge in [0.25, 0.3) is 0 Å². The van der Waals surface area contributed by atoms with Crippen LogP contribution in [0.4, 0.5) is 5.69 Å². The van der Waals surface area contributed by atoms with E-state index in [1.807, 2.05) is 0 Å². The number of rotatable bonds is 2. The molecule has 0 spiro atoms. The van der Waals surface area contributed by atoms with Crippen LogP contribution in [0.3, 0.4) is 0 Å². The van der Waals surface area contributed by atoms with Crippen LogP contribution in [-0.4, -0.2) is 48.1 Å². The quantitative estimate of drug-likeness (QED) is 0.815. The molecule has 106 valence electrons. The van der Waals surface area contributed by atoms with E-state index in [1.54, 1.807) is 30.2 Å². The molecule has 6 heteroatoms. The van der Waals surface area contributed by atoms with Crippen molar-refractivity contribution in [3.63, 3.8) is 0 Å². The SMILES string of the molecule is COc1ccc2c(c1)C(C(=O)N1CC(O)C1)CC(=O)N2. The lowest BCUT2D eigenvalue weighted by Crippen LogP contribution is -2.55. The molecule has 3 rings (SSSR count). The highest BCUT2D eigenvalue weighted by atomic mass is 16.5. The van der Waals surface area contributed by atoms with Gasteiger partial charge in [-0.2, -0.15) is 0 Å². The first-order chi connectivity index (χ1) is 9.58. The molecule has 0 bridgehead atoms. The number of ether oxygens (including phenoxy) is 1. The Hall–Kier alpha value is -2.08. The minimum atomic E-state index is -0.499. The van der Waals surface area contributed by atoms with Crippen molar-refractivity contribution in [3.05, 3.63) is 23.8 Å². The Morgan fingerprint density at radius 1 is 1.45 bits per heavy atom. The Kier molecular flexibility index (Phi) is 3.10. The maximum absolute atomic E-state index is 12.4. The zero-order valence-electron chi connectivity index (χ0n) is 11.1. The van der Waals surface area contributed by atoms with Crippen molar-refractivity contribution < 1.29 is 19.4 Å². The molecule has 2 amide bonds. The summed E-state index contributed by atoms with van der Waals surface area (Å²) >= 11 is 0. The Morgan fingerprint density at radius 3 is 2.85 bits per heavy atom. The van der Waals surface area contributed by atoms with Crippen molar-refractivity contribution in [2.45, 2.75) is 18.4 Å². The van der Waals surface area contributed by atoms with Gasteiger partial charge in [-0.05, 0) is 23.8 Å². The summed E-state index contributed by atoms with van der Waals surface area (Å²) in [5, 5.41) is 12.1. The first-order valence-corrected chi connectivity index (χ1v) is 6.53. The van der Waals surface area contributed by atoms with Crippen molar-refractivity contribution in [2.75, 3.05) is 25.5 Å². The largest absolute Gasteiger partial charge is 0.497 e. The number of nitrogens with zero attached hydrogens (tertiary/aromatic N) is 1. The molecule has 6 nitrogen and oxygen atoms in total. The summed E-state index contributed by atoms with van der Waals surface area (Å²) in [5.41, 5.74) is 1.43. The fraction of sp³-hybridized carbons (Fsp3) is 0.429. The van der Waals surface area contributed by atoms with Crippen LogP contribution in [0.1, 0.15) is 17.9 Å². The summed E-state index contributed by atoms with van der Waals surface area (Å²) in [6.07, 6.45) is -0.313. The summed E-state index contributed by atoms with van der Waals surface area (Å²) in [6, 6.07) is 5.28. The van der Waals surface area contributed by atoms with Crippen LogP contribution in [0.5, 0.6) is 5.75 Å². The standard InChI is InChI=1S/C14H16N2O4/c1-20-9-2-3-12-10(4-9)11(5-13(18)15-12)14(19)16-6-8(17)7-16/h2-4,8,11,17H,5-7H2,1H3,(H,15,18). The van der Waals surface area contributed by atoms with Gasteiger partial charge in [0.15, 0.2) is 0 Å². The molecule has 2 aliphatic rings. The van der Waals surface area contributed by atoms with Gasteiger partial charge in [-0.3, -0.25) is 9.59 Å². The Balaban J connectivity index is 1.92. The van der Waals surface area contributed by atoms with Crippen molar-refractivity contribution in [3.8, 4) is 5.75 Å². The highest BCUT2D eigenvalue weighted by Crippen LogP contribution is 2.36. The third kappa shape index (κ3) is 2.12. The van der Waals surface area contributed by atoms with E-state index in [1.165, 1.54) is 0 Å². The zero-order chi connectivity index (χ0) is 14.3. The number of β-amino-alcohol motifs (C(OH)–C–C–N with tert-alkyl or cyclic N) is 1. The van der Waals surface area contributed by atoms with E-state index in [2.05, 4.69) is 5.32 Å². The maximum atomic E-state index is 12.4. The lowest BCUT2D eigenvalue weighted by molar-refractivity contribution is -0.144. The minimum absolute atomic E-state index is 0.111. The molecule has 0 aliphatic carbocycles. The molecule has 1 aromatic rings. The summed E-state index contributed by atoms with van der Waals surface area (Å²) in [4.78, 5) is 25.7. The second-order valence-corrected chi connectivity index (χ2v) is 5.16. The Labute approximate surface area is 116 Å². The molecule has 1 unspecified atom stereocenters. The van der Waals surface area contributed by atoms with Crippen molar-refractivity contribution in [2.24, 2.45) is 0 Å². The highest BCUT2D eigenvalue weighted by molar-refractivity contribution is 6.01. The molecule has 1 fully saturated rings. The van der Waals surface area contributed by atoms with E-state index in [-0.39, 0.29) is 18.2 Å². The number of carbonyl (C=O) groups is 2.